The third-order valence-corrected chi connectivity index (χ3v) is 5.87. The molecule has 3 rings (SSSR count). The van der Waals surface area contributed by atoms with Crippen molar-refractivity contribution in [2.45, 2.75) is 51.9 Å². The lowest BCUT2D eigenvalue weighted by Crippen LogP contribution is -2.49. The summed E-state index contributed by atoms with van der Waals surface area (Å²) in [6.45, 7) is 3.95. The molecule has 0 spiro atoms. The lowest BCUT2D eigenvalue weighted by molar-refractivity contribution is -0.140. The molecule has 0 aliphatic heterocycles. The van der Waals surface area contributed by atoms with Crippen LogP contribution in [0.5, 0.6) is 0 Å². The fraction of sp³-hybridized carbons (Fsp3) is 0.400. The molecule has 0 aliphatic rings. The minimum Gasteiger partial charge on any atom is -0.481 e. The van der Waals surface area contributed by atoms with Gasteiger partial charge in [0.1, 0.15) is 17.4 Å². The Morgan fingerprint density at radius 1 is 1.18 bits per heavy atom. The fourth-order valence-corrected chi connectivity index (χ4v) is 3.89. The number of Topliss-reactive ketones (excluding diaryl/α,β-unsaturated/α-hetero) is 1. The molecule has 3 aromatic rings. The van der Waals surface area contributed by atoms with Crippen LogP contribution in [-0.4, -0.2) is 67.2 Å². The van der Waals surface area contributed by atoms with Gasteiger partial charge in [-0.3, -0.25) is 28.6 Å². The molecule has 2 heterocycles. The predicted octanol–water partition coefficient (Wildman–Crippen LogP) is 1.16. The molecule has 0 radical (unpaired) electrons. The highest BCUT2D eigenvalue weighted by Crippen LogP contribution is 2.12. The first-order valence-electron chi connectivity index (χ1n) is 12.1. The van der Waals surface area contributed by atoms with Gasteiger partial charge >= 0.3 is 5.97 Å². The quantitative estimate of drug-likeness (QED) is 0.276. The van der Waals surface area contributed by atoms with E-state index >= 15 is 0 Å². The normalized spacial score (nSPS) is 12.6. The van der Waals surface area contributed by atoms with Crippen LogP contribution in [0, 0.1) is 6.92 Å². The van der Waals surface area contributed by atoms with E-state index in [1.165, 1.54) is 17.0 Å². The predicted molar refractivity (Wildman–Crippen MR) is 136 cm³/mol. The van der Waals surface area contributed by atoms with Gasteiger partial charge in [-0.2, -0.15) is 0 Å². The molecule has 1 unspecified atom stereocenters. The highest BCUT2D eigenvalue weighted by atomic mass is 16.6. The highest BCUT2D eigenvalue weighted by Gasteiger charge is 2.29. The molecule has 0 saturated heterocycles. The van der Waals surface area contributed by atoms with E-state index < -0.39 is 41.7 Å². The molecule has 1 amide bonds. The van der Waals surface area contributed by atoms with Gasteiger partial charge in [-0.1, -0.05) is 47.6 Å². The number of carboxylic acid groups (broad SMARTS) is 1. The number of anilines is 1. The second-order valence-corrected chi connectivity index (χ2v) is 8.85. The molecule has 202 valence electrons. The minimum absolute atomic E-state index is 0.0122. The average Bonchev–Trinajstić information content (AvgIpc) is 3.29. The van der Waals surface area contributed by atoms with E-state index in [1.54, 1.807) is 25.8 Å². The Bertz CT molecular complexity index is 1310. The van der Waals surface area contributed by atoms with Crippen LogP contribution >= 0.6 is 0 Å². The largest absolute Gasteiger partial charge is 0.481 e. The number of ketones is 1. The lowest BCUT2D eigenvalue weighted by Gasteiger charge is -2.24. The van der Waals surface area contributed by atoms with Crippen molar-refractivity contribution >= 4 is 23.5 Å². The summed E-state index contributed by atoms with van der Waals surface area (Å²) < 4.78 is 5.84. The Hall–Kier alpha value is -4.39. The third kappa shape index (κ3) is 7.56. The first-order chi connectivity index (χ1) is 18.2. The summed E-state index contributed by atoms with van der Waals surface area (Å²) in [6, 6.07) is 7.25. The lowest BCUT2D eigenvalue weighted by atomic mass is 10.1. The van der Waals surface area contributed by atoms with Crippen molar-refractivity contribution in [3.8, 4) is 0 Å². The SMILES string of the molecule is CCC(C(=O)N[C@@H](CC(=O)O)C(=O)CN(C)Cc1ccccc1)n1ccnc(NCc2nonc2C)c1=O. The molecule has 0 saturated carbocycles. The molecule has 0 fully saturated rings. The zero-order valence-electron chi connectivity index (χ0n) is 21.5. The van der Waals surface area contributed by atoms with E-state index in [2.05, 4.69) is 30.6 Å². The first kappa shape index (κ1) is 28.2. The van der Waals surface area contributed by atoms with Gasteiger partial charge in [0.05, 0.1) is 25.6 Å². The van der Waals surface area contributed by atoms with Gasteiger partial charge < -0.3 is 15.7 Å². The number of likely N-dealkylation sites (N-methyl/N-ethyl adjacent to an activating group) is 1. The number of aromatic nitrogens is 4. The van der Waals surface area contributed by atoms with Gasteiger partial charge in [-0.05, 0) is 26.0 Å². The molecular weight excluding hydrogens is 494 g/mol. The number of benzene rings is 1. The van der Waals surface area contributed by atoms with Crippen LogP contribution in [0.4, 0.5) is 5.82 Å². The van der Waals surface area contributed by atoms with Crippen molar-refractivity contribution in [1.29, 1.82) is 0 Å². The monoisotopic (exact) mass is 525 g/mol. The van der Waals surface area contributed by atoms with E-state index in [0.717, 1.165) is 5.56 Å². The molecule has 38 heavy (non-hydrogen) atoms. The number of carboxylic acids is 1. The average molecular weight is 526 g/mol. The van der Waals surface area contributed by atoms with Gasteiger partial charge in [0, 0.05) is 18.9 Å². The minimum atomic E-state index is -1.26. The van der Waals surface area contributed by atoms with Crippen LogP contribution in [0.2, 0.25) is 0 Å². The fourth-order valence-electron chi connectivity index (χ4n) is 3.89. The third-order valence-electron chi connectivity index (χ3n) is 5.87. The molecule has 2 atom stereocenters. The van der Waals surface area contributed by atoms with Crippen LogP contribution in [-0.2, 0) is 27.5 Å². The Kier molecular flexibility index (Phi) is 9.82. The topological polar surface area (TPSA) is 173 Å². The number of nitrogens with one attached hydrogen (secondary N) is 2. The number of carbonyl (C=O) groups is 3. The second-order valence-electron chi connectivity index (χ2n) is 8.85. The summed E-state index contributed by atoms with van der Waals surface area (Å²) in [5.74, 6) is -2.34. The zero-order valence-corrected chi connectivity index (χ0v) is 21.5. The van der Waals surface area contributed by atoms with E-state index in [-0.39, 0.29) is 25.3 Å². The summed E-state index contributed by atoms with van der Waals surface area (Å²) in [4.78, 5) is 56.5. The van der Waals surface area contributed by atoms with E-state index in [0.29, 0.717) is 17.9 Å². The second kappa shape index (κ2) is 13.2. The van der Waals surface area contributed by atoms with Crippen molar-refractivity contribution in [2.75, 3.05) is 18.9 Å². The summed E-state index contributed by atoms with van der Waals surface area (Å²) >= 11 is 0. The van der Waals surface area contributed by atoms with Gasteiger partial charge in [0.2, 0.25) is 5.91 Å². The number of nitrogens with zero attached hydrogens (tertiary/aromatic N) is 5. The van der Waals surface area contributed by atoms with E-state index in [4.69, 9.17) is 0 Å². The number of hydrogen-bond donors (Lipinski definition) is 3. The van der Waals surface area contributed by atoms with Gasteiger partial charge in [-0.25, -0.2) is 9.61 Å². The summed E-state index contributed by atoms with van der Waals surface area (Å²) in [5, 5.41) is 22.2. The van der Waals surface area contributed by atoms with Crippen LogP contribution < -0.4 is 16.2 Å². The van der Waals surface area contributed by atoms with Gasteiger partial charge in [0.15, 0.2) is 11.6 Å². The maximum Gasteiger partial charge on any atom is 0.305 e. The van der Waals surface area contributed by atoms with Crippen molar-refractivity contribution in [3.63, 3.8) is 0 Å². The van der Waals surface area contributed by atoms with Gasteiger partial charge in [-0.15, -0.1) is 0 Å². The van der Waals surface area contributed by atoms with Crippen molar-refractivity contribution in [1.82, 2.24) is 30.1 Å². The number of rotatable bonds is 14. The number of carbonyl (C=O) groups excluding carboxylic acids is 2. The molecule has 13 heteroatoms. The van der Waals surface area contributed by atoms with Gasteiger partial charge in [0.25, 0.3) is 5.56 Å². The number of hydrogen-bond acceptors (Lipinski definition) is 10. The molecular formula is C25H31N7O6. The van der Waals surface area contributed by atoms with Crippen LogP contribution in [0.15, 0.2) is 52.1 Å². The van der Waals surface area contributed by atoms with Crippen molar-refractivity contribution < 1.29 is 24.1 Å². The first-order valence-corrected chi connectivity index (χ1v) is 12.1. The molecule has 0 bridgehead atoms. The molecule has 3 N–H and O–H groups in total. The Balaban J connectivity index is 1.71. The maximum absolute atomic E-state index is 13.2. The van der Waals surface area contributed by atoms with E-state index in [9.17, 15) is 24.3 Å². The number of aliphatic carboxylic acids is 1. The molecule has 2 aromatic heterocycles. The summed E-state index contributed by atoms with van der Waals surface area (Å²) in [5.41, 5.74) is 1.48. The van der Waals surface area contributed by atoms with Crippen molar-refractivity contribution in [2.24, 2.45) is 0 Å². The standard InChI is InChI=1S/C25H31N7O6/c1-4-20(32-11-10-26-23(25(32)37)27-13-19-16(2)29-38-30-19)24(36)28-18(12-22(34)35)21(33)15-31(3)14-17-8-6-5-7-9-17/h5-11,18,20H,4,12-15H2,1-3H3,(H,26,27)(H,28,36)(H,34,35)/t18-,20?/m0/s1. The van der Waals surface area contributed by atoms with E-state index in [1.807, 2.05) is 30.3 Å². The van der Waals surface area contributed by atoms with Crippen LogP contribution in [0.1, 0.15) is 42.8 Å². The molecule has 1 aromatic carbocycles. The number of amides is 1. The Morgan fingerprint density at radius 3 is 2.55 bits per heavy atom. The maximum atomic E-state index is 13.2. The summed E-state index contributed by atoms with van der Waals surface area (Å²) in [6.07, 6.45) is 2.37. The van der Waals surface area contributed by atoms with Crippen LogP contribution in [0.25, 0.3) is 0 Å². The highest BCUT2D eigenvalue weighted by molar-refractivity contribution is 5.93. The number of aryl methyl sites for hydroxylation is 1. The Morgan fingerprint density at radius 2 is 1.92 bits per heavy atom. The summed E-state index contributed by atoms with van der Waals surface area (Å²) in [7, 11) is 1.74. The smallest absolute Gasteiger partial charge is 0.305 e. The van der Waals surface area contributed by atoms with Crippen molar-refractivity contribution in [3.05, 3.63) is 70.0 Å². The zero-order chi connectivity index (χ0) is 27.7. The Labute approximate surface area is 218 Å². The van der Waals surface area contributed by atoms with Crippen LogP contribution in [0.3, 0.4) is 0 Å². The molecule has 13 nitrogen and oxygen atoms in total. The molecule has 0 aliphatic carbocycles.